The van der Waals surface area contributed by atoms with E-state index < -0.39 is 0 Å². The quantitative estimate of drug-likeness (QED) is 0.800. The number of hydrogen-bond donors (Lipinski definition) is 1. The van der Waals surface area contributed by atoms with Crippen molar-refractivity contribution in [3.05, 3.63) is 23.8 Å². The number of nitrogens with two attached hydrogens (primary N) is 1. The van der Waals surface area contributed by atoms with E-state index in [0.29, 0.717) is 0 Å². The van der Waals surface area contributed by atoms with Crippen molar-refractivity contribution in [3.8, 4) is 0 Å². The first-order valence-electron chi connectivity index (χ1n) is 7.19. The van der Waals surface area contributed by atoms with Crippen molar-refractivity contribution in [2.75, 3.05) is 36.8 Å². The van der Waals surface area contributed by atoms with Gasteiger partial charge in [0, 0.05) is 43.0 Å². The summed E-state index contributed by atoms with van der Waals surface area (Å²) in [5.74, 6) is 0.237. The third-order valence-electron chi connectivity index (χ3n) is 3.84. The minimum Gasteiger partial charge on any atom is -0.398 e. The lowest BCUT2D eigenvalue weighted by molar-refractivity contribution is -0.139. The summed E-state index contributed by atoms with van der Waals surface area (Å²) >= 11 is 0. The summed E-state index contributed by atoms with van der Waals surface area (Å²) in [7, 11) is 0. The molecule has 2 rings (SSSR count). The molecule has 1 fully saturated rings. The molecule has 0 saturated carbocycles. The number of amides is 1. The van der Waals surface area contributed by atoms with E-state index in [2.05, 4.69) is 17.0 Å². The summed E-state index contributed by atoms with van der Waals surface area (Å²) in [6, 6.07) is 6.18. The Morgan fingerprint density at radius 1 is 1.15 bits per heavy atom. The van der Waals surface area contributed by atoms with Crippen molar-refractivity contribution >= 4 is 17.3 Å². The number of aryl methyl sites for hydroxylation is 1. The number of piperazine rings is 1. The standard InChI is InChI=1S/C16H25N3O/c1-12-5-6-13(11-14(12)17)18-7-9-19(10-8-18)15(20)16(2,3)4/h5-6,11H,7-10,17H2,1-4H3. The molecule has 20 heavy (non-hydrogen) atoms. The van der Waals surface area contributed by atoms with Gasteiger partial charge in [-0.15, -0.1) is 0 Å². The average molecular weight is 275 g/mol. The second-order valence-corrected chi connectivity index (χ2v) is 6.57. The van der Waals surface area contributed by atoms with Crippen LogP contribution in [0.15, 0.2) is 18.2 Å². The maximum atomic E-state index is 12.2. The van der Waals surface area contributed by atoms with Crippen LogP contribution < -0.4 is 10.6 Å². The first-order valence-corrected chi connectivity index (χ1v) is 7.19. The van der Waals surface area contributed by atoms with Crippen LogP contribution in [0.25, 0.3) is 0 Å². The van der Waals surface area contributed by atoms with E-state index in [4.69, 9.17) is 5.73 Å². The lowest BCUT2D eigenvalue weighted by atomic mass is 9.94. The minimum absolute atomic E-state index is 0.237. The first-order chi connectivity index (χ1) is 9.29. The van der Waals surface area contributed by atoms with Crippen LogP contribution in [0, 0.1) is 12.3 Å². The Hall–Kier alpha value is -1.71. The maximum Gasteiger partial charge on any atom is 0.228 e. The molecule has 2 N–H and O–H groups in total. The van der Waals surface area contributed by atoms with Gasteiger partial charge in [-0.2, -0.15) is 0 Å². The van der Waals surface area contributed by atoms with E-state index in [1.807, 2.05) is 38.7 Å². The highest BCUT2D eigenvalue weighted by molar-refractivity contribution is 5.81. The molecule has 0 atom stereocenters. The van der Waals surface area contributed by atoms with E-state index in [1.165, 1.54) is 0 Å². The van der Waals surface area contributed by atoms with Crippen LogP contribution in [0.2, 0.25) is 0 Å². The summed E-state index contributed by atoms with van der Waals surface area (Å²) in [4.78, 5) is 16.5. The predicted octanol–water partition coefficient (Wildman–Crippen LogP) is 2.27. The molecule has 0 unspecified atom stereocenters. The molecule has 1 aliphatic heterocycles. The fourth-order valence-corrected chi connectivity index (χ4v) is 2.47. The molecule has 1 heterocycles. The van der Waals surface area contributed by atoms with Gasteiger partial charge < -0.3 is 15.5 Å². The molecule has 110 valence electrons. The van der Waals surface area contributed by atoms with Crippen molar-refractivity contribution in [2.24, 2.45) is 5.41 Å². The number of nitrogen functional groups attached to an aromatic ring is 1. The monoisotopic (exact) mass is 275 g/mol. The Morgan fingerprint density at radius 2 is 1.75 bits per heavy atom. The number of hydrogen-bond acceptors (Lipinski definition) is 3. The predicted molar refractivity (Wildman–Crippen MR) is 83.8 cm³/mol. The SMILES string of the molecule is Cc1ccc(N2CCN(C(=O)C(C)(C)C)CC2)cc1N. The molecular weight excluding hydrogens is 250 g/mol. The third-order valence-corrected chi connectivity index (χ3v) is 3.84. The lowest BCUT2D eigenvalue weighted by Gasteiger charge is -2.38. The Bertz CT molecular complexity index is 497. The normalized spacial score (nSPS) is 16.4. The van der Waals surface area contributed by atoms with E-state index in [-0.39, 0.29) is 11.3 Å². The van der Waals surface area contributed by atoms with E-state index in [1.54, 1.807) is 0 Å². The number of benzene rings is 1. The molecule has 0 radical (unpaired) electrons. The van der Waals surface area contributed by atoms with Gasteiger partial charge in [0.2, 0.25) is 5.91 Å². The smallest absolute Gasteiger partial charge is 0.228 e. The van der Waals surface area contributed by atoms with E-state index in [0.717, 1.165) is 43.1 Å². The molecule has 0 spiro atoms. The Balaban J connectivity index is 2.01. The number of nitrogens with zero attached hydrogens (tertiary/aromatic N) is 2. The Labute approximate surface area is 121 Å². The fourth-order valence-electron chi connectivity index (χ4n) is 2.47. The summed E-state index contributed by atoms with van der Waals surface area (Å²) < 4.78 is 0. The number of carbonyl (C=O) groups excluding carboxylic acids is 1. The number of carbonyl (C=O) groups is 1. The van der Waals surface area contributed by atoms with Gasteiger partial charge in [0.1, 0.15) is 0 Å². The molecule has 1 aromatic rings. The number of rotatable bonds is 1. The molecule has 4 nitrogen and oxygen atoms in total. The molecule has 0 bridgehead atoms. The van der Waals surface area contributed by atoms with Gasteiger partial charge in [0.25, 0.3) is 0 Å². The van der Waals surface area contributed by atoms with E-state index >= 15 is 0 Å². The van der Waals surface area contributed by atoms with Gasteiger partial charge >= 0.3 is 0 Å². The summed E-state index contributed by atoms with van der Waals surface area (Å²) in [6.45, 7) is 11.2. The maximum absolute atomic E-state index is 12.2. The van der Waals surface area contributed by atoms with E-state index in [9.17, 15) is 4.79 Å². The topological polar surface area (TPSA) is 49.6 Å². The number of anilines is 2. The molecule has 1 amide bonds. The van der Waals surface area contributed by atoms with Crippen LogP contribution >= 0.6 is 0 Å². The van der Waals surface area contributed by atoms with Crippen LogP contribution in [-0.2, 0) is 4.79 Å². The zero-order valence-corrected chi connectivity index (χ0v) is 12.9. The van der Waals surface area contributed by atoms with Gasteiger partial charge in [0.15, 0.2) is 0 Å². The van der Waals surface area contributed by atoms with Crippen LogP contribution in [0.3, 0.4) is 0 Å². The molecule has 1 saturated heterocycles. The van der Waals surface area contributed by atoms with Crippen molar-refractivity contribution in [1.29, 1.82) is 0 Å². The summed E-state index contributed by atoms with van der Waals surface area (Å²) in [6.07, 6.45) is 0. The Morgan fingerprint density at radius 3 is 2.25 bits per heavy atom. The van der Waals surface area contributed by atoms with Gasteiger partial charge in [-0.05, 0) is 24.6 Å². The van der Waals surface area contributed by atoms with Gasteiger partial charge in [-0.25, -0.2) is 0 Å². The fraction of sp³-hybridized carbons (Fsp3) is 0.562. The van der Waals surface area contributed by atoms with Crippen molar-refractivity contribution in [1.82, 2.24) is 4.90 Å². The minimum atomic E-state index is -0.295. The van der Waals surface area contributed by atoms with Crippen LogP contribution in [0.1, 0.15) is 26.3 Å². The zero-order chi connectivity index (χ0) is 14.9. The molecule has 0 aromatic heterocycles. The van der Waals surface area contributed by atoms with Gasteiger partial charge in [-0.3, -0.25) is 4.79 Å². The molecule has 1 aliphatic rings. The van der Waals surface area contributed by atoms with Crippen LogP contribution in [0.4, 0.5) is 11.4 Å². The first kappa shape index (κ1) is 14.7. The second kappa shape index (κ2) is 5.35. The Kier molecular flexibility index (Phi) is 3.93. The highest BCUT2D eigenvalue weighted by Crippen LogP contribution is 2.24. The third kappa shape index (κ3) is 3.06. The average Bonchev–Trinajstić information content (AvgIpc) is 2.40. The van der Waals surface area contributed by atoms with Crippen LogP contribution in [-0.4, -0.2) is 37.0 Å². The van der Waals surface area contributed by atoms with Crippen molar-refractivity contribution < 1.29 is 4.79 Å². The summed E-state index contributed by atoms with van der Waals surface area (Å²) in [5.41, 5.74) is 8.76. The largest absolute Gasteiger partial charge is 0.398 e. The van der Waals surface area contributed by atoms with Gasteiger partial charge in [0.05, 0.1) is 0 Å². The molecule has 0 aliphatic carbocycles. The van der Waals surface area contributed by atoms with Crippen molar-refractivity contribution in [3.63, 3.8) is 0 Å². The van der Waals surface area contributed by atoms with Gasteiger partial charge in [-0.1, -0.05) is 26.8 Å². The molecule has 1 aromatic carbocycles. The molecule has 4 heteroatoms. The highest BCUT2D eigenvalue weighted by atomic mass is 16.2. The second-order valence-electron chi connectivity index (χ2n) is 6.57. The zero-order valence-electron chi connectivity index (χ0n) is 12.9. The van der Waals surface area contributed by atoms with Crippen molar-refractivity contribution in [2.45, 2.75) is 27.7 Å². The molecular formula is C16H25N3O. The van der Waals surface area contributed by atoms with Crippen LogP contribution in [0.5, 0.6) is 0 Å². The summed E-state index contributed by atoms with van der Waals surface area (Å²) in [5, 5.41) is 0. The highest BCUT2D eigenvalue weighted by Gasteiger charge is 2.29. The lowest BCUT2D eigenvalue weighted by Crippen LogP contribution is -2.51.